The van der Waals surface area contributed by atoms with Crippen molar-refractivity contribution in [3.8, 4) is 0 Å². The van der Waals surface area contributed by atoms with Gasteiger partial charge in [0, 0.05) is 26.0 Å². The van der Waals surface area contributed by atoms with Crippen LogP contribution in [0.1, 0.15) is 38.5 Å². The van der Waals surface area contributed by atoms with Crippen LogP contribution in [0, 0.1) is 0 Å². The van der Waals surface area contributed by atoms with Crippen LogP contribution in [0.15, 0.2) is 16.9 Å². The Bertz CT molecular complexity index is 467. The molecule has 0 saturated heterocycles. The molecule has 3 N–H and O–H groups in total. The SMILES string of the molecule is CNC(CCCNc1ncc(Br)cn1)C(=O)OC1CCCC1.CO. The Balaban J connectivity index is 0.00000139. The Morgan fingerprint density at radius 2 is 2.00 bits per heavy atom. The van der Waals surface area contributed by atoms with E-state index >= 15 is 0 Å². The molecule has 1 aliphatic rings. The smallest absolute Gasteiger partial charge is 0.323 e. The van der Waals surface area contributed by atoms with Crippen molar-refractivity contribution in [3.05, 3.63) is 16.9 Å². The molecule has 1 saturated carbocycles. The quantitative estimate of drug-likeness (QED) is 0.452. The zero-order valence-corrected chi connectivity index (χ0v) is 15.9. The molecular weight excluding hydrogens is 376 g/mol. The summed E-state index contributed by atoms with van der Waals surface area (Å²) in [7, 11) is 2.80. The number of halogens is 1. The number of esters is 1. The third-order valence-electron chi connectivity index (χ3n) is 3.79. The maximum atomic E-state index is 12.1. The predicted octanol–water partition coefficient (Wildman–Crippen LogP) is 2.11. The Morgan fingerprint density at radius 1 is 1.38 bits per heavy atom. The van der Waals surface area contributed by atoms with Crippen LogP contribution in [0.25, 0.3) is 0 Å². The number of hydrogen-bond donors (Lipinski definition) is 3. The van der Waals surface area contributed by atoms with E-state index in [2.05, 4.69) is 36.5 Å². The summed E-state index contributed by atoms with van der Waals surface area (Å²) in [6, 6.07) is -0.242. The first kappa shape index (κ1) is 20.8. The largest absolute Gasteiger partial charge is 0.461 e. The molecule has 1 fully saturated rings. The molecule has 1 aromatic heterocycles. The van der Waals surface area contributed by atoms with Crippen molar-refractivity contribution in [3.63, 3.8) is 0 Å². The number of anilines is 1. The van der Waals surface area contributed by atoms with E-state index in [0.717, 1.165) is 43.8 Å². The summed E-state index contributed by atoms with van der Waals surface area (Å²) in [6.45, 7) is 0.719. The fraction of sp³-hybridized carbons (Fsp3) is 0.688. The molecule has 7 nitrogen and oxygen atoms in total. The first-order valence-corrected chi connectivity index (χ1v) is 9.02. The molecule has 24 heavy (non-hydrogen) atoms. The van der Waals surface area contributed by atoms with Crippen LogP contribution in [-0.4, -0.2) is 53.9 Å². The molecule has 1 atom stereocenters. The average molecular weight is 403 g/mol. The van der Waals surface area contributed by atoms with Gasteiger partial charge in [-0.05, 0) is 61.5 Å². The number of aliphatic hydroxyl groups excluding tert-OH is 1. The van der Waals surface area contributed by atoms with Crippen molar-refractivity contribution in [2.75, 3.05) is 26.0 Å². The lowest BCUT2D eigenvalue weighted by Gasteiger charge is -2.18. The van der Waals surface area contributed by atoms with Gasteiger partial charge in [-0.1, -0.05) is 0 Å². The topological polar surface area (TPSA) is 96.4 Å². The van der Waals surface area contributed by atoms with E-state index in [0.29, 0.717) is 5.95 Å². The van der Waals surface area contributed by atoms with Gasteiger partial charge in [-0.2, -0.15) is 0 Å². The number of ether oxygens (including phenoxy) is 1. The van der Waals surface area contributed by atoms with Gasteiger partial charge >= 0.3 is 5.97 Å². The Kier molecular flexibility index (Phi) is 10.5. The van der Waals surface area contributed by atoms with Crippen LogP contribution < -0.4 is 10.6 Å². The van der Waals surface area contributed by atoms with Crippen LogP contribution in [0.5, 0.6) is 0 Å². The van der Waals surface area contributed by atoms with E-state index in [-0.39, 0.29) is 18.1 Å². The molecule has 0 aliphatic heterocycles. The van der Waals surface area contributed by atoms with Crippen LogP contribution in [-0.2, 0) is 9.53 Å². The molecule has 0 bridgehead atoms. The van der Waals surface area contributed by atoms with E-state index < -0.39 is 0 Å². The maximum Gasteiger partial charge on any atom is 0.323 e. The average Bonchev–Trinajstić information content (AvgIpc) is 3.11. The number of aromatic nitrogens is 2. The van der Waals surface area contributed by atoms with Crippen molar-refractivity contribution < 1.29 is 14.6 Å². The van der Waals surface area contributed by atoms with Gasteiger partial charge in [0.25, 0.3) is 0 Å². The van der Waals surface area contributed by atoms with Gasteiger partial charge in [0.15, 0.2) is 0 Å². The summed E-state index contributed by atoms with van der Waals surface area (Å²) < 4.78 is 6.39. The van der Waals surface area contributed by atoms with Crippen LogP contribution in [0.2, 0.25) is 0 Å². The fourth-order valence-electron chi connectivity index (χ4n) is 2.54. The summed E-state index contributed by atoms with van der Waals surface area (Å²) in [5.41, 5.74) is 0. The monoisotopic (exact) mass is 402 g/mol. The molecule has 0 spiro atoms. The molecule has 1 heterocycles. The summed E-state index contributed by atoms with van der Waals surface area (Å²) in [5.74, 6) is 0.465. The minimum Gasteiger partial charge on any atom is -0.461 e. The molecule has 1 unspecified atom stereocenters. The lowest BCUT2D eigenvalue weighted by Crippen LogP contribution is -2.37. The number of aliphatic hydroxyl groups is 1. The number of nitrogens with zero attached hydrogens (tertiary/aromatic N) is 2. The van der Waals surface area contributed by atoms with Crippen LogP contribution in [0.3, 0.4) is 0 Å². The van der Waals surface area contributed by atoms with Gasteiger partial charge < -0.3 is 20.5 Å². The van der Waals surface area contributed by atoms with Gasteiger partial charge in [0.1, 0.15) is 12.1 Å². The molecule has 0 amide bonds. The van der Waals surface area contributed by atoms with Gasteiger partial charge in [-0.25, -0.2) is 9.97 Å². The molecular formula is C16H27BrN4O3. The van der Waals surface area contributed by atoms with E-state index in [4.69, 9.17) is 9.84 Å². The standard InChI is InChI=1S/C15H23BrN4O2.CH4O/c1-17-13(14(21)22-12-5-2-3-6-12)7-4-8-18-15-19-9-11(16)10-20-15;1-2/h9-10,12-13,17H,2-8H2,1H3,(H,18,19,20);2H,1H3. The number of rotatable bonds is 8. The lowest BCUT2D eigenvalue weighted by molar-refractivity contribution is -0.151. The predicted molar refractivity (Wildman–Crippen MR) is 96.8 cm³/mol. The van der Waals surface area contributed by atoms with Crippen molar-refractivity contribution >= 4 is 27.8 Å². The van der Waals surface area contributed by atoms with E-state index in [1.54, 1.807) is 19.4 Å². The van der Waals surface area contributed by atoms with E-state index in [1.807, 2.05) is 0 Å². The maximum absolute atomic E-state index is 12.1. The van der Waals surface area contributed by atoms with Gasteiger partial charge in [-0.15, -0.1) is 0 Å². The number of hydrogen-bond acceptors (Lipinski definition) is 7. The lowest BCUT2D eigenvalue weighted by atomic mass is 10.1. The summed E-state index contributed by atoms with van der Waals surface area (Å²) in [6.07, 6.45) is 9.43. The minimum atomic E-state index is -0.242. The highest BCUT2D eigenvalue weighted by molar-refractivity contribution is 9.10. The van der Waals surface area contributed by atoms with Crippen LogP contribution in [0.4, 0.5) is 5.95 Å². The molecule has 0 aromatic carbocycles. The first-order valence-electron chi connectivity index (χ1n) is 8.23. The second-order valence-corrected chi connectivity index (χ2v) is 6.39. The Hall–Kier alpha value is -1.25. The molecule has 1 aliphatic carbocycles. The third kappa shape index (κ3) is 7.55. The molecule has 2 rings (SSSR count). The summed E-state index contributed by atoms with van der Waals surface area (Å²) >= 11 is 3.29. The molecule has 8 heteroatoms. The Labute approximate surface area is 151 Å². The Morgan fingerprint density at radius 3 is 2.58 bits per heavy atom. The fourth-order valence-corrected chi connectivity index (χ4v) is 2.75. The highest BCUT2D eigenvalue weighted by Gasteiger charge is 2.24. The van der Waals surface area contributed by atoms with Gasteiger partial charge in [0.2, 0.25) is 5.95 Å². The van der Waals surface area contributed by atoms with Gasteiger partial charge in [-0.3, -0.25) is 4.79 Å². The second-order valence-electron chi connectivity index (χ2n) is 5.48. The third-order valence-corrected chi connectivity index (χ3v) is 4.20. The number of nitrogens with one attached hydrogen (secondary N) is 2. The summed E-state index contributed by atoms with van der Waals surface area (Å²) in [4.78, 5) is 20.4. The second kappa shape index (κ2) is 12.2. The highest BCUT2D eigenvalue weighted by Crippen LogP contribution is 2.21. The minimum absolute atomic E-state index is 0.123. The number of likely N-dealkylation sites (N-methyl/N-ethyl adjacent to an activating group) is 1. The van der Waals surface area contributed by atoms with Crippen molar-refractivity contribution in [1.82, 2.24) is 15.3 Å². The number of carbonyl (C=O) groups excluding carboxylic acids is 1. The zero-order valence-electron chi connectivity index (χ0n) is 14.3. The van der Waals surface area contributed by atoms with E-state index in [1.165, 1.54) is 12.8 Å². The van der Waals surface area contributed by atoms with Crippen molar-refractivity contribution in [2.24, 2.45) is 0 Å². The van der Waals surface area contributed by atoms with Crippen molar-refractivity contribution in [2.45, 2.75) is 50.7 Å². The summed E-state index contributed by atoms with van der Waals surface area (Å²) in [5, 5.41) is 13.2. The molecule has 136 valence electrons. The highest BCUT2D eigenvalue weighted by atomic mass is 79.9. The molecule has 0 radical (unpaired) electrons. The van der Waals surface area contributed by atoms with E-state index in [9.17, 15) is 4.79 Å². The van der Waals surface area contributed by atoms with Crippen molar-refractivity contribution in [1.29, 1.82) is 0 Å². The molecule has 1 aromatic rings. The van der Waals surface area contributed by atoms with Crippen LogP contribution >= 0.6 is 15.9 Å². The van der Waals surface area contributed by atoms with Gasteiger partial charge in [0.05, 0.1) is 4.47 Å². The zero-order chi connectivity index (χ0) is 17.8. The first-order chi connectivity index (χ1) is 11.7. The number of carbonyl (C=O) groups is 1. The normalized spacial score (nSPS) is 15.3.